The van der Waals surface area contributed by atoms with Crippen molar-refractivity contribution in [2.45, 2.75) is 32.5 Å². The zero-order valence-electron chi connectivity index (χ0n) is 19.7. The Balaban J connectivity index is 1.47. The molecule has 0 N–H and O–H groups in total. The monoisotopic (exact) mass is 482 g/mol. The summed E-state index contributed by atoms with van der Waals surface area (Å²) in [4.78, 5) is 0. The van der Waals surface area contributed by atoms with Crippen LogP contribution in [0.2, 0.25) is 0 Å². The van der Waals surface area contributed by atoms with E-state index in [9.17, 15) is 13.2 Å². The topological polar surface area (TPSA) is 27.7 Å². The summed E-state index contributed by atoms with van der Waals surface area (Å²) < 4.78 is 60.7. The number of hydrogen-bond donors (Lipinski definition) is 0. The van der Waals surface area contributed by atoms with Crippen LogP contribution < -0.4 is 4.74 Å². The minimum Gasteiger partial charge on any atom is -0.486 e. The van der Waals surface area contributed by atoms with Gasteiger partial charge in [-0.05, 0) is 35.7 Å². The number of rotatable bonds is 9. The van der Waals surface area contributed by atoms with E-state index in [0.717, 1.165) is 19.3 Å². The summed E-state index contributed by atoms with van der Waals surface area (Å²) in [6.07, 6.45) is 4.22. The third kappa shape index (κ3) is 5.77. The normalized spacial score (nSPS) is 17.8. The Kier molecular flexibility index (Phi) is 8.26. The van der Waals surface area contributed by atoms with Crippen molar-refractivity contribution in [3.63, 3.8) is 0 Å². The summed E-state index contributed by atoms with van der Waals surface area (Å²) in [5, 5.41) is 0. The van der Waals surface area contributed by atoms with E-state index >= 15 is 0 Å². The second-order valence-electron chi connectivity index (χ2n) is 8.66. The van der Waals surface area contributed by atoms with Gasteiger partial charge in [-0.25, -0.2) is 8.78 Å². The fourth-order valence-corrected chi connectivity index (χ4v) is 4.15. The highest BCUT2D eigenvalue weighted by Gasteiger charge is 2.24. The summed E-state index contributed by atoms with van der Waals surface area (Å²) in [6.45, 7) is 6.93. The molecule has 3 aromatic rings. The molecule has 0 aromatic heterocycles. The first-order valence-electron chi connectivity index (χ1n) is 11.9. The molecule has 0 aliphatic carbocycles. The van der Waals surface area contributed by atoms with Crippen molar-refractivity contribution in [3.05, 3.63) is 90.3 Å². The van der Waals surface area contributed by atoms with Gasteiger partial charge in [-0.1, -0.05) is 68.8 Å². The average molecular weight is 483 g/mol. The summed E-state index contributed by atoms with van der Waals surface area (Å²) >= 11 is 0. The first-order valence-corrected chi connectivity index (χ1v) is 11.9. The lowest BCUT2D eigenvalue weighted by molar-refractivity contribution is -0.206. The van der Waals surface area contributed by atoms with Gasteiger partial charge in [0.25, 0.3) is 0 Å². The fourth-order valence-electron chi connectivity index (χ4n) is 4.15. The van der Waals surface area contributed by atoms with Crippen LogP contribution in [0.25, 0.3) is 22.3 Å². The number of unbranched alkanes of at least 4 members (excludes halogenated alkanes) is 1. The molecule has 1 saturated heterocycles. The molecule has 1 aliphatic heterocycles. The molecule has 0 atom stereocenters. The van der Waals surface area contributed by atoms with E-state index in [4.69, 9.17) is 14.2 Å². The lowest BCUT2D eigenvalue weighted by Gasteiger charge is -2.29. The van der Waals surface area contributed by atoms with Crippen LogP contribution >= 0.6 is 0 Å². The quantitative estimate of drug-likeness (QED) is 0.291. The summed E-state index contributed by atoms with van der Waals surface area (Å²) in [7, 11) is 0. The predicted octanol–water partition coefficient (Wildman–Crippen LogP) is 7.85. The highest BCUT2D eigenvalue weighted by Crippen LogP contribution is 2.34. The maximum atomic E-state index is 15.0. The van der Waals surface area contributed by atoms with Crippen LogP contribution in [-0.2, 0) is 9.47 Å². The maximum Gasteiger partial charge on any atom is 0.201 e. The summed E-state index contributed by atoms with van der Waals surface area (Å²) in [5.41, 5.74) is 2.22. The van der Waals surface area contributed by atoms with E-state index in [1.54, 1.807) is 36.4 Å². The third-order valence-electron chi connectivity index (χ3n) is 6.11. The highest BCUT2D eigenvalue weighted by atomic mass is 19.2. The van der Waals surface area contributed by atoms with Crippen molar-refractivity contribution in [2.24, 2.45) is 5.92 Å². The van der Waals surface area contributed by atoms with Crippen LogP contribution in [0, 0.1) is 23.4 Å². The first-order chi connectivity index (χ1) is 17.0. The van der Waals surface area contributed by atoms with Crippen LogP contribution in [-0.4, -0.2) is 19.8 Å². The summed E-state index contributed by atoms with van der Waals surface area (Å²) in [5.74, 6) is -2.26. The number of benzene rings is 3. The van der Waals surface area contributed by atoms with Gasteiger partial charge in [0.1, 0.15) is 12.4 Å². The molecular formula is C29H29F3O3. The number of ether oxygens (including phenoxy) is 3. The zero-order chi connectivity index (χ0) is 24.8. The van der Waals surface area contributed by atoms with Gasteiger partial charge >= 0.3 is 0 Å². The van der Waals surface area contributed by atoms with Crippen LogP contribution in [0.4, 0.5) is 13.2 Å². The molecule has 0 radical (unpaired) electrons. The Morgan fingerprint density at radius 2 is 1.57 bits per heavy atom. The Labute approximate surface area is 204 Å². The second kappa shape index (κ2) is 11.6. The molecule has 0 bridgehead atoms. The van der Waals surface area contributed by atoms with Crippen molar-refractivity contribution in [3.8, 4) is 28.0 Å². The number of hydrogen-bond acceptors (Lipinski definition) is 3. The standard InChI is InChI=1S/C29H29F3O3/c1-3-5-6-19-17-34-29(35-18-19)22-11-12-23(25(30)16-22)20-7-9-21(10-8-20)24-13-14-26(33-15-4-2)28(32)27(24)31/h4,7-14,16,19,29H,2-3,5-6,15,17-18H2,1H3. The van der Waals surface area contributed by atoms with E-state index < -0.39 is 23.7 Å². The molecule has 6 heteroatoms. The van der Waals surface area contributed by atoms with Gasteiger partial charge in [-0.3, -0.25) is 0 Å². The zero-order valence-corrected chi connectivity index (χ0v) is 19.7. The Morgan fingerprint density at radius 1 is 0.914 bits per heavy atom. The van der Waals surface area contributed by atoms with Crippen LogP contribution in [0.5, 0.6) is 5.75 Å². The first kappa shape index (κ1) is 25.0. The molecule has 0 amide bonds. The Morgan fingerprint density at radius 3 is 2.20 bits per heavy atom. The molecule has 0 unspecified atom stereocenters. The second-order valence-corrected chi connectivity index (χ2v) is 8.66. The Hall–Kier alpha value is -3.09. The van der Waals surface area contributed by atoms with Crippen LogP contribution in [0.3, 0.4) is 0 Å². The van der Waals surface area contributed by atoms with Crippen molar-refractivity contribution < 1.29 is 27.4 Å². The lowest BCUT2D eigenvalue weighted by atomic mass is 9.98. The average Bonchev–Trinajstić information content (AvgIpc) is 2.89. The van der Waals surface area contributed by atoms with Crippen molar-refractivity contribution >= 4 is 0 Å². The van der Waals surface area contributed by atoms with Crippen LogP contribution in [0.15, 0.2) is 67.3 Å². The number of halogens is 3. The van der Waals surface area contributed by atoms with E-state index in [1.165, 1.54) is 24.3 Å². The maximum absolute atomic E-state index is 15.0. The van der Waals surface area contributed by atoms with E-state index in [-0.39, 0.29) is 17.9 Å². The van der Waals surface area contributed by atoms with E-state index in [2.05, 4.69) is 13.5 Å². The van der Waals surface area contributed by atoms with Crippen molar-refractivity contribution in [2.75, 3.05) is 19.8 Å². The van der Waals surface area contributed by atoms with Crippen molar-refractivity contribution in [1.82, 2.24) is 0 Å². The summed E-state index contributed by atoms with van der Waals surface area (Å²) in [6, 6.07) is 14.4. The third-order valence-corrected chi connectivity index (χ3v) is 6.11. The van der Waals surface area contributed by atoms with E-state index in [1.807, 2.05) is 0 Å². The smallest absolute Gasteiger partial charge is 0.201 e. The lowest BCUT2D eigenvalue weighted by Crippen LogP contribution is -2.27. The molecule has 35 heavy (non-hydrogen) atoms. The Bertz CT molecular complexity index is 1150. The molecule has 0 spiro atoms. The minimum atomic E-state index is -1.06. The molecule has 3 aromatic carbocycles. The SMILES string of the molecule is C=CCOc1ccc(-c2ccc(-c3ccc(C4OCC(CCCC)CO4)cc3F)cc2)c(F)c1F. The van der Waals surface area contributed by atoms with Gasteiger partial charge in [0.2, 0.25) is 5.82 Å². The van der Waals surface area contributed by atoms with Crippen molar-refractivity contribution in [1.29, 1.82) is 0 Å². The molecule has 184 valence electrons. The van der Waals surface area contributed by atoms with Gasteiger partial charge in [0.05, 0.1) is 13.2 Å². The molecule has 1 heterocycles. The molecular weight excluding hydrogens is 453 g/mol. The predicted molar refractivity (Wildman–Crippen MR) is 131 cm³/mol. The highest BCUT2D eigenvalue weighted by molar-refractivity contribution is 5.71. The van der Waals surface area contributed by atoms with Gasteiger partial charge in [-0.2, -0.15) is 4.39 Å². The van der Waals surface area contributed by atoms with Gasteiger partial charge in [0.15, 0.2) is 17.9 Å². The molecule has 1 aliphatic rings. The van der Waals surface area contributed by atoms with E-state index in [0.29, 0.717) is 41.4 Å². The molecule has 1 fully saturated rings. The minimum absolute atomic E-state index is 0.0766. The fraction of sp³-hybridized carbons (Fsp3) is 0.310. The van der Waals surface area contributed by atoms with Gasteiger partial charge in [0, 0.05) is 22.6 Å². The van der Waals surface area contributed by atoms with Gasteiger partial charge < -0.3 is 14.2 Å². The van der Waals surface area contributed by atoms with Gasteiger partial charge in [-0.15, -0.1) is 0 Å². The largest absolute Gasteiger partial charge is 0.486 e. The van der Waals surface area contributed by atoms with Crippen LogP contribution in [0.1, 0.15) is 38.0 Å². The molecule has 4 rings (SSSR count). The molecule has 0 saturated carbocycles. The molecule has 3 nitrogen and oxygen atoms in total.